The van der Waals surface area contributed by atoms with Crippen LogP contribution >= 0.6 is 11.6 Å². The summed E-state index contributed by atoms with van der Waals surface area (Å²) in [6, 6.07) is 7.44. The fraction of sp³-hybridized carbons (Fsp3) is 0.562. The van der Waals surface area contributed by atoms with Gasteiger partial charge < -0.3 is 15.4 Å². The zero-order chi connectivity index (χ0) is 15.1. The normalized spacial score (nSPS) is 16.8. The van der Waals surface area contributed by atoms with Crippen molar-refractivity contribution in [1.29, 1.82) is 0 Å². The number of hydrogen-bond acceptors (Lipinski definition) is 3. The minimum absolute atomic E-state index is 0.176. The predicted molar refractivity (Wildman–Crippen MR) is 84.5 cm³/mol. The molecule has 0 atom stereocenters. The minimum atomic E-state index is -0.176. The van der Waals surface area contributed by atoms with Crippen molar-refractivity contribution in [2.75, 3.05) is 26.2 Å². The van der Waals surface area contributed by atoms with E-state index in [1.165, 1.54) is 0 Å². The molecule has 2 rings (SSSR count). The van der Waals surface area contributed by atoms with Crippen molar-refractivity contribution in [2.45, 2.75) is 25.7 Å². The molecule has 1 aromatic rings. The van der Waals surface area contributed by atoms with Crippen LogP contribution in [0.2, 0.25) is 5.02 Å². The van der Waals surface area contributed by atoms with Gasteiger partial charge in [-0.25, -0.2) is 0 Å². The van der Waals surface area contributed by atoms with Gasteiger partial charge in [0.2, 0.25) is 5.91 Å². The zero-order valence-electron chi connectivity index (χ0n) is 12.3. The van der Waals surface area contributed by atoms with E-state index in [2.05, 4.69) is 4.90 Å². The van der Waals surface area contributed by atoms with Gasteiger partial charge in [0.05, 0.1) is 6.61 Å². The molecule has 1 aliphatic heterocycles. The van der Waals surface area contributed by atoms with Crippen molar-refractivity contribution < 1.29 is 9.53 Å². The summed E-state index contributed by atoms with van der Waals surface area (Å²) in [5.41, 5.74) is 5.24. The van der Waals surface area contributed by atoms with Gasteiger partial charge in [-0.1, -0.05) is 11.6 Å². The third-order valence-electron chi connectivity index (χ3n) is 3.90. The van der Waals surface area contributed by atoms with Crippen molar-refractivity contribution in [3.05, 3.63) is 29.3 Å². The molecule has 116 valence electrons. The molecule has 0 spiro atoms. The molecule has 1 heterocycles. The summed E-state index contributed by atoms with van der Waals surface area (Å²) >= 11 is 5.83. The highest BCUT2D eigenvalue weighted by Crippen LogP contribution is 2.20. The largest absolute Gasteiger partial charge is 0.494 e. The molecule has 1 fully saturated rings. The van der Waals surface area contributed by atoms with Gasteiger partial charge >= 0.3 is 0 Å². The Hall–Kier alpha value is -1.26. The number of nitrogens with two attached hydrogens (primary N) is 1. The van der Waals surface area contributed by atoms with E-state index in [9.17, 15) is 4.79 Å². The van der Waals surface area contributed by atoms with Gasteiger partial charge in [0.1, 0.15) is 5.75 Å². The van der Waals surface area contributed by atoms with E-state index in [4.69, 9.17) is 22.1 Å². The lowest BCUT2D eigenvalue weighted by Gasteiger charge is -2.31. The van der Waals surface area contributed by atoms with Crippen molar-refractivity contribution in [2.24, 2.45) is 11.7 Å². The molecule has 4 nitrogen and oxygen atoms in total. The van der Waals surface area contributed by atoms with Crippen LogP contribution in [0.3, 0.4) is 0 Å². The van der Waals surface area contributed by atoms with Crippen molar-refractivity contribution in [3.8, 4) is 5.75 Å². The summed E-state index contributed by atoms with van der Waals surface area (Å²) in [5.74, 6) is 1.16. The lowest BCUT2D eigenvalue weighted by atomic mass is 9.93. The number of halogens is 1. The lowest BCUT2D eigenvalue weighted by molar-refractivity contribution is -0.119. The number of primary amides is 1. The SMILES string of the molecule is NC(=O)CC1CCN(CCCOc2ccc(Cl)cc2)CC1. The van der Waals surface area contributed by atoms with E-state index < -0.39 is 0 Å². The van der Waals surface area contributed by atoms with Gasteiger partial charge in [-0.2, -0.15) is 0 Å². The van der Waals surface area contributed by atoms with Gasteiger partial charge in [-0.05, 0) is 62.5 Å². The number of likely N-dealkylation sites (tertiary alicyclic amines) is 1. The van der Waals surface area contributed by atoms with Crippen LogP contribution in [0.1, 0.15) is 25.7 Å². The lowest BCUT2D eigenvalue weighted by Crippen LogP contribution is -2.36. The number of carbonyl (C=O) groups is 1. The van der Waals surface area contributed by atoms with Gasteiger partial charge in [0.15, 0.2) is 0 Å². The first-order valence-electron chi connectivity index (χ1n) is 7.52. The fourth-order valence-electron chi connectivity index (χ4n) is 2.71. The van der Waals surface area contributed by atoms with E-state index in [1.807, 2.05) is 24.3 Å². The predicted octanol–water partition coefficient (Wildman–Crippen LogP) is 2.70. The molecule has 0 radical (unpaired) electrons. The van der Waals surface area contributed by atoms with Gasteiger partial charge in [0, 0.05) is 18.0 Å². The van der Waals surface area contributed by atoms with E-state index in [-0.39, 0.29) is 5.91 Å². The smallest absolute Gasteiger partial charge is 0.217 e. The van der Waals surface area contributed by atoms with Crippen LogP contribution in [0.25, 0.3) is 0 Å². The summed E-state index contributed by atoms with van der Waals surface area (Å²) < 4.78 is 5.68. The highest BCUT2D eigenvalue weighted by molar-refractivity contribution is 6.30. The van der Waals surface area contributed by atoms with E-state index in [0.29, 0.717) is 18.9 Å². The van der Waals surface area contributed by atoms with Crippen LogP contribution in [-0.2, 0) is 4.79 Å². The van der Waals surface area contributed by atoms with Crippen molar-refractivity contribution in [3.63, 3.8) is 0 Å². The van der Waals surface area contributed by atoms with Crippen LogP contribution in [0.5, 0.6) is 5.75 Å². The van der Waals surface area contributed by atoms with Crippen LogP contribution in [0, 0.1) is 5.92 Å². The molecule has 5 heteroatoms. The zero-order valence-corrected chi connectivity index (χ0v) is 13.0. The average Bonchev–Trinajstić information content (AvgIpc) is 2.46. The number of rotatable bonds is 7. The third kappa shape index (κ3) is 5.94. The number of hydrogen-bond donors (Lipinski definition) is 1. The Morgan fingerprint density at radius 1 is 1.29 bits per heavy atom. The Kier molecular flexibility index (Phi) is 6.33. The number of ether oxygens (including phenoxy) is 1. The van der Waals surface area contributed by atoms with E-state index in [1.54, 1.807) is 0 Å². The molecule has 0 aromatic heterocycles. The molecule has 1 aromatic carbocycles. The topological polar surface area (TPSA) is 55.6 Å². The standard InChI is InChI=1S/C16H23ClN2O2/c17-14-2-4-15(5-3-14)21-11-1-8-19-9-6-13(7-10-19)12-16(18)20/h2-5,13H,1,6-12H2,(H2,18,20). The van der Waals surface area contributed by atoms with Crippen molar-refractivity contribution in [1.82, 2.24) is 4.90 Å². The highest BCUT2D eigenvalue weighted by Gasteiger charge is 2.20. The molecule has 1 saturated heterocycles. The number of carbonyl (C=O) groups excluding carboxylic acids is 1. The molecule has 0 unspecified atom stereocenters. The number of piperidine rings is 1. The summed E-state index contributed by atoms with van der Waals surface area (Å²) in [7, 11) is 0. The Bertz CT molecular complexity index is 442. The quantitative estimate of drug-likeness (QED) is 0.788. The average molecular weight is 311 g/mol. The monoisotopic (exact) mass is 310 g/mol. The summed E-state index contributed by atoms with van der Waals surface area (Å²) in [6.45, 7) is 3.86. The van der Waals surface area contributed by atoms with E-state index >= 15 is 0 Å². The van der Waals surface area contributed by atoms with Crippen molar-refractivity contribution >= 4 is 17.5 Å². The molecule has 1 amide bonds. The van der Waals surface area contributed by atoms with Crippen LogP contribution in [0.15, 0.2) is 24.3 Å². The highest BCUT2D eigenvalue weighted by atomic mass is 35.5. The maximum absolute atomic E-state index is 10.9. The molecule has 2 N–H and O–H groups in total. The second-order valence-electron chi connectivity index (χ2n) is 5.61. The van der Waals surface area contributed by atoms with Crippen LogP contribution < -0.4 is 10.5 Å². The Balaban J connectivity index is 1.57. The first kappa shape index (κ1) is 16.1. The Morgan fingerprint density at radius 3 is 2.57 bits per heavy atom. The Labute approximate surface area is 131 Å². The first-order valence-corrected chi connectivity index (χ1v) is 7.90. The summed E-state index contributed by atoms with van der Waals surface area (Å²) in [4.78, 5) is 13.3. The molecule has 1 aliphatic rings. The van der Waals surface area contributed by atoms with E-state index in [0.717, 1.165) is 49.7 Å². The Morgan fingerprint density at radius 2 is 1.95 bits per heavy atom. The number of benzene rings is 1. The van der Waals surface area contributed by atoms with Crippen LogP contribution in [-0.4, -0.2) is 37.0 Å². The molecular weight excluding hydrogens is 288 g/mol. The minimum Gasteiger partial charge on any atom is -0.494 e. The first-order chi connectivity index (χ1) is 10.1. The maximum atomic E-state index is 10.9. The summed E-state index contributed by atoms with van der Waals surface area (Å²) in [5, 5.41) is 0.723. The van der Waals surface area contributed by atoms with Gasteiger partial charge in [-0.15, -0.1) is 0 Å². The third-order valence-corrected chi connectivity index (χ3v) is 4.15. The van der Waals surface area contributed by atoms with Gasteiger partial charge in [-0.3, -0.25) is 4.79 Å². The summed E-state index contributed by atoms with van der Waals surface area (Å²) in [6.07, 6.45) is 3.68. The fourth-order valence-corrected chi connectivity index (χ4v) is 2.83. The van der Waals surface area contributed by atoms with Gasteiger partial charge in [0.25, 0.3) is 0 Å². The molecule has 21 heavy (non-hydrogen) atoms. The molecule has 0 aliphatic carbocycles. The maximum Gasteiger partial charge on any atom is 0.217 e. The second kappa shape index (κ2) is 8.25. The second-order valence-corrected chi connectivity index (χ2v) is 6.05. The molecule has 0 bridgehead atoms. The molecular formula is C16H23ClN2O2. The number of amides is 1. The number of nitrogens with zero attached hydrogens (tertiary/aromatic N) is 1. The molecule has 0 saturated carbocycles. The van der Waals surface area contributed by atoms with Crippen LogP contribution in [0.4, 0.5) is 0 Å².